The van der Waals surface area contributed by atoms with E-state index in [-0.39, 0.29) is 10.8 Å². The summed E-state index contributed by atoms with van der Waals surface area (Å²) in [5, 5.41) is 0.408. The predicted molar refractivity (Wildman–Crippen MR) is 75.8 cm³/mol. The lowest BCUT2D eigenvalue weighted by atomic mass is 10.5. The van der Waals surface area contributed by atoms with Crippen molar-refractivity contribution in [3.05, 3.63) is 14.9 Å². The van der Waals surface area contributed by atoms with Crippen molar-refractivity contribution in [1.29, 1.82) is 0 Å². The van der Waals surface area contributed by atoms with Crippen LogP contribution in [-0.4, -0.2) is 28.2 Å². The van der Waals surface area contributed by atoms with E-state index >= 15 is 0 Å². The van der Waals surface area contributed by atoms with Crippen LogP contribution in [0, 0.1) is 5.92 Å². The Morgan fingerprint density at radius 2 is 2.28 bits per heavy atom. The van der Waals surface area contributed by atoms with Crippen LogP contribution < -0.4 is 4.72 Å². The Labute approximate surface area is 124 Å². The van der Waals surface area contributed by atoms with Crippen molar-refractivity contribution >= 4 is 48.9 Å². The Balaban J connectivity index is 1.79. The number of nitrogens with one attached hydrogen (secondary N) is 1. The minimum Gasteiger partial charge on any atom is -0.380 e. The van der Waals surface area contributed by atoms with E-state index in [1.165, 1.54) is 18.9 Å². The van der Waals surface area contributed by atoms with Gasteiger partial charge in [0.1, 0.15) is 4.21 Å². The fourth-order valence-corrected chi connectivity index (χ4v) is 4.77. The molecule has 1 aliphatic carbocycles. The molecule has 0 bridgehead atoms. The number of thiophene rings is 1. The molecule has 102 valence electrons. The van der Waals surface area contributed by atoms with E-state index in [0.717, 1.165) is 17.9 Å². The summed E-state index contributed by atoms with van der Waals surface area (Å²) in [6.07, 6.45) is 2.46. The Bertz CT molecular complexity index is 494. The van der Waals surface area contributed by atoms with Gasteiger partial charge in [0.15, 0.2) is 0 Å². The second kappa shape index (κ2) is 6.19. The Morgan fingerprint density at radius 3 is 2.83 bits per heavy atom. The molecule has 0 atom stereocenters. The van der Waals surface area contributed by atoms with Crippen LogP contribution in [0.2, 0.25) is 5.02 Å². The Kier molecular flexibility index (Phi) is 5.07. The highest BCUT2D eigenvalue weighted by Crippen LogP contribution is 2.34. The molecular formula is C10H13BrClNO3S2. The summed E-state index contributed by atoms with van der Waals surface area (Å²) in [6, 6.07) is 1.43. The summed E-state index contributed by atoms with van der Waals surface area (Å²) in [5.41, 5.74) is 0. The van der Waals surface area contributed by atoms with E-state index in [4.69, 9.17) is 16.3 Å². The van der Waals surface area contributed by atoms with E-state index < -0.39 is 10.0 Å². The zero-order chi connectivity index (χ0) is 13.2. The van der Waals surface area contributed by atoms with Gasteiger partial charge in [-0.2, -0.15) is 0 Å². The molecule has 4 nitrogen and oxygen atoms in total. The van der Waals surface area contributed by atoms with Gasteiger partial charge in [-0.25, -0.2) is 13.1 Å². The molecule has 1 N–H and O–H groups in total. The molecular weight excluding hydrogens is 362 g/mol. The molecule has 0 unspecified atom stereocenters. The molecule has 0 saturated heterocycles. The average molecular weight is 375 g/mol. The lowest BCUT2D eigenvalue weighted by Crippen LogP contribution is -2.27. The largest absolute Gasteiger partial charge is 0.380 e. The minimum atomic E-state index is -3.47. The van der Waals surface area contributed by atoms with Crippen molar-refractivity contribution in [2.24, 2.45) is 5.92 Å². The molecule has 8 heteroatoms. The first-order valence-electron chi connectivity index (χ1n) is 5.51. The first kappa shape index (κ1) is 14.7. The molecule has 0 radical (unpaired) electrons. The van der Waals surface area contributed by atoms with Crippen LogP contribution in [0.1, 0.15) is 12.8 Å². The third-order valence-corrected chi connectivity index (χ3v) is 6.89. The van der Waals surface area contributed by atoms with Crippen LogP contribution in [0.5, 0.6) is 0 Å². The molecule has 0 aromatic carbocycles. The van der Waals surface area contributed by atoms with Crippen LogP contribution in [0.15, 0.2) is 14.1 Å². The quantitative estimate of drug-likeness (QED) is 0.747. The standard InChI is InChI=1S/C10H13BrClNO3S2/c11-10-8(12)5-9(17-10)18(14,15)13-3-4-16-6-7-1-2-7/h5,7,13H,1-4,6H2. The third kappa shape index (κ3) is 4.18. The molecule has 1 aromatic rings. The monoisotopic (exact) mass is 373 g/mol. The molecule has 0 amide bonds. The Hall–Kier alpha value is 0.340. The van der Waals surface area contributed by atoms with Crippen molar-refractivity contribution in [1.82, 2.24) is 4.72 Å². The second-order valence-electron chi connectivity index (χ2n) is 4.10. The fraction of sp³-hybridized carbons (Fsp3) is 0.600. The lowest BCUT2D eigenvalue weighted by Gasteiger charge is -2.05. The SMILES string of the molecule is O=S(=O)(NCCOCC1CC1)c1cc(Cl)c(Br)s1. The van der Waals surface area contributed by atoms with Crippen molar-refractivity contribution in [2.45, 2.75) is 17.1 Å². The third-order valence-electron chi connectivity index (χ3n) is 2.48. The zero-order valence-corrected chi connectivity index (χ0v) is 13.5. The molecule has 1 aromatic heterocycles. The van der Waals surface area contributed by atoms with Crippen molar-refractivity contribution in [3.63, 3.8) is 0 Å². The smallest absolute Gasteiger partial charge is 0.250 e. The molecule has 1 fully saturated rings. The molecule has 0 aliphatic heterocycles. The van der Waals surface area contributed by atoms with Crippen LogP contribution in [0.25, 0.3) is 0 Å². The van der Waals surface area contributed by atoms with E-state index in [0.29, 0.717) is 21.3 Å². The van der Waals surface area contributed by atoms with E-state index in [1.54, 1.807) is 0 Å². The summed E-state index contributed by atoms with van der Waals surface area (Å²) in [6.45, 7) is 1.41. The summed E-state index contributed by atoms with van der Waals surface area (Å²) >= 11 is 10.1. The Morgan fingerprint density at radius 1 is 1.56 bits per heavy atom. The summed E-state index contributed by atoms with van der Waals surface area (Å²) in [5.74, 6) is 0.689. The van der Waals surface area contributed by atoms with Gasteiger partial charge in [-0.05, 0) is 40.8 Å². The topological polar surface area (TPSA) is 55.4 Å². The van der Waals surface area contributed by atoms with Gasteiger partial charge in [-0.3, -0.25) is 0 Å². The summed E-state index contributed by atoms with van der Waals surface area (Å²) in [4.78, 5) is 0. The van der Waals surface area contributed by atoms with E-state index in [2.05, 4.69) is 20.7 Å². The predicted octanol–water partition coefficient (Wildman–Crippen LogP) is 2.87. The highest BCUT2D eigenvalue weighted by molar-refractivity contribution is 9.11. The number of hydrogen-bond acceptors (Lipinski definition) is 4. The van der Waals surface area contributed by atoms with Crippen LogP contribution in [-0.2, 0) is 14.8 Å². The van der Waals surface area contributed by atoms with Crippen molar-refractivity contribution in [3.8, 4) is 0 Å². The lowest BCUT2D eigenvalue weighted by molar-refractivity contribution is 0.129. The van der Waals surface area contributed by atoms with E-state index in [1.807, 2.05) is 0 Å². The number of rotatable bonds is 7. The number of ether oxygens (including phenoxy) is 1. The van der Waals surface area contributed by atoms with Gasteiger partial charge in [0.25, 0.3) is 0 Å². The maximum Gasteiger partial charge on any atom is 0.250 e. The molecule has 1 saturated carbocycles. The van der Waals surface area contributed by atoms with Gasteiger partial charge in [0, 0.05) is 13.2 Å². The van der Waals surface area contributed by atoms with Crippen LogP contribution in [0.3, 0.4) is 0 Å². The van der Waals surface area contributed by atoms with Gasteiger partial charge in [0.05, 0.1) is 15.4 Å². The van der Waals surface area contributed by atoms with Gasteiger partial charge >= 0.3 is 0 Å². The van der Waals surface area contributed by atoms with Crippen molar-refractivity contribution in [2.75, 3.05) is 19.8 Å². The molecule has 18 heavy (non-hydrogen) atoms. The molecule has 2 rings (SSSR count). The van der Waals surface area contributed by atoms with Crippen molar-refractivity contribution < 1.29 is 13.2 Å². The number of sulfonamides is 1. The summed E-state index contributed by atoms with van der Waals surface area (Å²) in [7, 11) is -3.47. The van der Waals surface area contributed by atoms with E-state index in [9.17, 15) is 8.42 Å². The highest BCUT2D eigenvalue weighted by Gasteiger charge is 2.21. The molecule has 1 heterocycles. The van der Waals surface area contributed by atoms with Crippen LogP contribution in [0.4, 0.5) is 0 Å². The average Bonchev–Trinajstić information content (AvgIpc) is 3.05. The molecule has 1 aliphatic rings. The van der Waals surface area contributed by atoms with Gasteiger partial charge in [-0.1, -0.05) is 11.6 Å². The van der Waals surface area contributed by atoms with Crippen LogP contribution >= 0.6 is 38.9 Å². The second-order valence-corrected chi connectivity index (χ2v) is 8.87. The fourth-order valence-electron chi connectivity index (χ4n) is 1.31. The normalized spacial score (nSPS) is 16.1. The van der Waals surface area contributed by atoms with Gasteiger partial charge < -0.3 is 4.74 Å². The number of halogens is 2. The van der Waals surface area contributed by atoms with Gasteiger partial charge in [0.2, 0.25) is 10.0 Å². The zero-order valence-electron chi connectivity index (χ0n) is 9.49. The maximum absolute atomic E-state index is 11.9. The first-order chi connectivity index (χ1) is 8.49. The number of hydrogen-bond donors (Lipinski definition) is 1. The molecule has 0 spiro atoms. The minimum absolute atomic E-state index is 0.210. The maximum atomic E-state index is 11.9. The summed E-state index contributed by atoms with van der Waals surface area (Å²) < 4.78 is 32.4. The first-order valence-corrected chi connectivity index (χ1v) is 8.98. The van der Waals surface area contributed by atoms with Gasteiger partial charge in [-0.15, -0.1) is 11.3 Å². The highest BCUT2D eigenvalue weighted by atomic mass is 79.9.